The molecule has 0 radical (unpaired) electrons. The van der Waals surface area contributed by atoms with Crippen molar-refractivity contribution in [2.24, 2.45) is 5.73 Å². The molecular formula is C10H7ClF7NO2. The molecule has 11 heteroatoms. The Kier molecular flexibility index (Phi) is 4.28. The van der Waals surface area contributed by atoms with Crippen molar-refractivity contribution in [2.75, 3.05) is 0 Å². The van der Waals surface area contributed by atoms with E-state index < -0.39 is 41.5 Å². The average Bonchev–Trinajstić information content (AvgIpc) is 2.58. The van der Waals surface area contributed by atoms with Crippen molar-refractivity contribution < 1.29 is 40.2 Å². The number of nitrogens with two attached hydrogens (primary N) is 1. The molecule has 0 saturated carbocycles. The summed E-state index contributed by atoms with van der Waals surface area (Å²) < 4.78 is 95.9. The largest absolute Gasteiger partial charge is 0.586 e. The summed E-state index contributed by atoms with van der Waals surface area (Å²) in [6.07, 6.45) is -9.87. The van der Waals surface area contributed by atoms with Crippen LogP contribution in [0.4, 0.5) is 30.7 Å². The molecule has 0 fully saturated rings. The maximum atomic E-state index is 13.0. The van der Waals surface area contributed by atoms with E-state index in [-0.39, 0.29) is 12.4 Å². The zero-order valence-corrected chi connectivity index (χ0v) is 10.6. The molecule has 2 rings (SSSR count). The monoisotopic (exact) mass is 341 g/mol. The molecule has 0 spiro atoms. The molecule has 1 aliphatic heterocycles. The molecule has 0 bridgehead atoms. The van der Waals surface area contributed by atoms with Gasteiger partial charge in [-0.15, -0.1) is 21.2 Å². The predicted octanol–water partition coefficient (Wildman–Crippen LogP) is 3.63. The second-order valence-corrected chi connectivity index (χ2v) is 3.97. The molecule has 0 amide bonds. The van der Waals surface area contributed by atoms with Crippen LogP contribution in [0.2, 0.25) is 0 Å². The van der Waals surface area contributed by atoms with Gasteiger partial charge in [0.05, 0.1) is 0 Å². The number of fused-ring (bicyclic) bond motifs is 1. The van der Waals surface area contributed by atoms with Crippen LogP contribution in [0, 0.1) is 0 Å². The zero-order valence-electron chi connectivity index (χ0n) is 9.76. The van der Waals surface area contributed by atoms with Crippen molar-refractivity contribution in [1.82, 2.24) is 0 Å². The molecule has 0 aromatic heterocycles. The molecule has 2 N–H and O–H groups in total. The molecule has 1 aromatic carbocycles. The standard InChI is InChI=1S/C10H6F7NO2.ClH/c11-8(12,9(13,14)15)7(18)4-1-2-5-6(3-4)20-10(16,17)19-5;/h1-3,7H,18H2;1H/t7-;/m0./s1. The van der Waals surface area contributed by atoms with E-state index in [1.54, 1.807) is 0 Å². The van der Waals surface area contributed by atoms with Gasteiger partial charge in [-0.05, 0) is 17.7 Å². The lowest BCUT2D eigenvalue weighted by molar-refractivity contribution is -0.291. The van der Waals surface area contributed by atoms with Crippen molar-refractivity contribution in [1.29, 1.82) is 0 Å². The van der Waals surface area contributed by atoms with Crippen molar-refractivity contribution in [3.8, 4) is 11.5 Å². The van der Waals surface area contributed by atoms with E-state index in [0.717, 1.165) is 12.1 Å². The minimum atomic E-state index is -5.87. The highest BCUT2D eigenvalue weighted by Gasteiger charge is 2.61. The molecule has 1 aromatic rings. The highest BCUT2D eigenvalue weighted by molar-refractivity contribution is 5.85. The normalized spacial score (nSPS) is 18.1. The summed E-state index contributed by atoms with van der Waals surface area (Å²) in [6, 6.07) is -0.697. The first-order chi connectivity index (χ1) is 8.94. The zero-order chi connectivity index (χ0) is 15.3. The fraction of sp³-hybridized carbons (Fsp3) is 0.400. The molecule has 120 valence electrons. The lowest BCUT2D eigenvalue weighted by atomic mass is 10.0. The van der Waals surface area contributed by atoms with E-state index in [2.05, 4.69) is 9.47 Å². The minimum absolute atomic E-state index is 0. The maximum absolute atomic E-state index is 13.0. The third kappa shape index (κ3) is 3.10. The Morgan fingerprint density at radius 3 is 2.05 bits per heavy atom. The molecule has 0 unspecified atom stereocenters. The first-order valence-electron chi connectivity index (χ1n) is 5.04. The highest BCUT2D eigenvalue weighted by atomic mass is 35.5. The van der Waals surface area contributed by atoms with Crippen LogP contribution in [0.1, 0.15) is 11.6 Å². The van der Waals surface area contributed by atoms with Crippen molar-refractivity contribution in [3.05, 3.63) is 23.8 Å². The van der Waals surface area contributed by atoms with E-state index in [4.69, 9.17) is 5.73 Å². The molecule has 3 nitrogen and oxygen atoms in total. The number of alkyl halides is 7. The van der Waals surface area contributed by atoms with Crippen LogP contribution in [0.3, 0.4) is 0 Å². The van der Waals surface area contributed by atoms with Crippen molar-refractivity contribution in [2.45, 2.75) is 24.4 Å². The Labute approximate surface area is 119 Å². The van der Waals surface area contributed by atoms with E-state index in [1.165, 1.54) is 0 Å². The molecule has 1 heterocycles. The average molecular weight is 342 g/mol. The van der Waals surface area contributed by atoms with E-state index in [0.29, 0.717) is 6.07 Å². The topological polar surface area (TPSA) is 44.5 Å². The maximum Gasteiger partial charge on any atom is 0.586 e. The van der Waals surface area contributed by atoms with Crippen LogP contribution in [0.5, 0.6) is 11.5 Å². The van der Waals surface area contributed by atoms with E-state index in [9.17, 15) is 30.7 Å². The Morgan fingerprint density at radius 2 is 1.52 bits per heavy atom. The molecular weight excluding hydrogens is 335 g/mol. The van der Waals surface area contributed by atoms with Gasteiger partial charge in [-0.1, -0.05) is 6.07 Å². The van der Waals surface area contributed by atoms with Crippen molar-refractivity contribution in [3.63, 3.8) is 0 Å². The SMILES string of the molecule is Cl.N[C@@H](c1ccc2c(c1)OC(F)(F)O2)C(F)(F)C(F)(F)F. The number of rotatable bonds is 2. The van der Waals surface area contributed by atoms with Gasteiger partial charge in [0.15, 0.2) is 11.5 Å². The number of halogens is 8. The van der Waals surface area contributed by atoms with Crippen LogP contribution >= 0.6 is 12.4 Å². The number of hydrogen-bond donors (Lipinski definition) is 1. The predicted molar refractivity (Wildman–Crippen MR) is 57.8 cm³/mol. The summed E-state index contributed by atoms with van der Waals surface area (Å²) in [4.78, 5) is 0. The third-order valence-electron chi connectivity index (χ3n) is 2.55. The number of hydrogen-bond acceptors (Lipinski definition) is 3. The summed E-state index contributed by atoms with van der Waals surface area (Å²) in [5.74, 6) is -6.37. The lowest BCUT2D eigenvalue weighted by Crippen LogP contribution is -2.45. The minimum Gasteiger partial charge on any atom is -0.395 e. The van der Waals surface area contributed by atoms with Gasteiger partial charge in [0.25, 0.3) is 0 Å². The molecule has 0 saturated heterocycles. The van der Waals surface area contributed by atoms with Gasteiger partial charge in [0, 0.05) is 0 Å². The third-order valence-corrected chi connectivity index (χ3v) is 2.55. The molecule has 1 atom stereocenters. The van der Waals surface area contributed by atoms with Crippen LogP contribution in [0.15, 0.2) is 18.2 Å². The van der Waals surface area contributed by atoms with Gasteiger partial charge in [0.1, 0.15) is 6.04 Å². The van der Waals surface area contributed by atoms with Gasteiger partial charge in [0.2, 0.25) is 0 Å². The fourth-order valence-electron chi connectivity index (χ4n) is 1.54. The highest BCUT2D eigenvalue weighted by Crippen LogP contribution is 2.46. The smallest absolute Gasteiger partial charge is 0.395 e. The lowest BCUT2D eigenvalue weighted by Gasteiger charge is -2.25. The van der Waals surface area contributed by atoms with Crippen LogP contribution in [-0.2, 0) is 0 Å². The first-order valence-corrected chi connectivity index (χ1v) is 5.04. The van der Waals surface area contributed by atoms with Crippen LogP contribution < -0.4 is 15.2 Å². The van der Waals surface area contributed by atoms with Gasteiger partial charge >= 0.3 is 18.4 Å². The van der Waals surface area contributed by atoms with Crippen LogP contribution in [0.25, 0.3) is 0 Å². The van der Waals surface area contributed by atoms with Crippen LogP contribution in [-0.4, -0.2) is 18.4 Å². The summed E-state index contributed by atoms with van der Waals surface area (Å²) >= 11 is 0. The van der Waals surface area contributed by atoms with Gasteiger partial charge < -0.3 is 15.2 Å². The van der Waals surface area contributed by atoms with E-state index >= 15 is 0 Å². The second-order valence-electron chi connectivity index (χ2n) is 3.97. The quantitative estimate of drug-likeness (QED) is 0.836. The Bertz CT molecular complexity index is 535. The summed E-state index contributed by atoms with van der Waals surface area (Å²) in [7, 11) is 0. The summed E-state index contributed by atoms with van der Waals surface area (Å²) in [6.45, 7) is 0. The van der Waals surface area contributed by atoms with Crippen molar-refractivity contribution >= 4 is 12.4 Å². The Hall–Kier alpha value is -1.42. The first kappa shape index (κ1) is 17.6. The molecule has 21 heavy (non-hydrogen) atoms. The Balaban J connectivity index is 0.00000220. The number of ether oxygens (including phenoxy) is 2. The number of benzene rings is 1. The molecule has 1 aliphatic rings. The summed E-state index contributed by atoms with van der Waals surface area (Å²) in [5.41, 5.74) is 4.15. The van der Waals surface area contributed by atoms with Gasteiger partial charge in [-0.3, -0.25) is 0 Å². The van der Waals surface area contributed by atoms with Gasteiger partial charge in [-0.2, -0.15) is 22.0 Å². The Morgan fingerprint density at radius 1 is 1.00 bits per heavy atom. The molecule has 0 aliphatic carbocycles. The fourth-order valence-corrected chi connectivity index (χ4v) is 1.54. The van der Waals surface area contributed by atoms with E-state index in [1.807, 2.05) is 0 Å². The van der Waals surface area contributed by atoms with Gasteiger partial charge in [-0.25, -0.2) is 0 Å². The summed E-state index contributed by atoms with van der Waals surface area (Å²) in [5, 5.41) is 0. The second kappa shape index (κ2) is 5.09.